The number of carbonyl (C=O) groups excluding carboxylic acids is 1. The van der Waals surface area contributed by atoms with Gasteiger partial charge in [0.1, 0.15) is 29.0 Å². The van der Waals surface area contributed by atoms with Crippen LogP contribution >= 0.6 is 11.6 Å². The van der Waals surface area contributed by atoms with Gasteiger partial charge in [0.05, 0.1) is 24.2 Å². The Hall–Kier alpha value is -1.90. The largest absolute Gasteiger partial charge is 0.454 e. The van der Waals surface area contributed by atoms with Gasteiger partial charge in [0.15, 0.2) is 11.7 Å². The molecule has 7 bridgehead atoms. The monoisotopic (exact) mass is 718 g/mol. The van der Waals surface area contributed by atoms with E-state index in [1.54, 1.807) is 51.1 Å². The van der Waals surface area contributed by atoms with Crippen LogP contribution < -0.4 is 0 Å². The van der Waals surface area contributed by atoms with E-state index >= 15 is 0 Å². The molecule has 7 aliphatic rings. The summed E-state index contributed by atoms with van der Waals surface area (Å²) in [5, 5.41) is 74.2. The lowest BCUT2D eigenvalue weighted by Gasteiger charge is -2.66. The second-order valence-electron chi connectivity index (χ2n) is 16.2. The first-order chi connectivity index (χ1) is 23.6. The third kappa shape index (κ3) is 4.99. The van der Waals surface area contributed by atoms with Crippen molar-refractivity contribution < 1.29 is 54.4 Å². The minimum atomic E-state index is -2.53. The molecule has 276 valence electrons. The van der Waals surface area contributed by atoms with Gasteiger partial charge in [-0.05, 0) is 38.2 Å². The molecule has 8 rings (SSSR count). The second-order valence-corrected chi connectivity index (χ2v) is 16.5. The summed E-state index contributed by atoms with van der Waals surface area (Å²) in [5.41, 5.74) is -8.23. The first-order valence-corrected chi connectivity index (χ1v) is 18.5. The van der Waals surface area contributed by atoms with Crippen LogP contribution in [0.4, 0.5) is 0 Å². The Morgan fingerprint density at radius 3 is 2.28 bits per heavy atom. The Kier molecular flexibility index (Phi) is 8.99. The van der Waals surface area contributed by atoms with Crippen molar-refractivity contribution in [1.82, 2.24) is 0 Å². The molecule has 50 heavy (non-hydrogen) atoms. The summed E-state index contributed by atoms with van der Waals surface area (Å²) in [5.74, 6) is -5.55. The molecule has 0 amide bonds. The van der Waals surface area contributed by atoms with E-state index < -0.39 is 88.7 Å². The van der Waals surface area contributed by atoms with E-state index in [0.717, 1.165) is 32.1 Å². The maximum atomic E-state index is 13.7. The van der Waals surface area contributed by atoms with E-state index in [1.807, 2.05) is 6.92 Å². The van der Waals surface area contributed by atoms with Crippen LogP contribution in [0.5, 0.6) is 0 Å². The minimum Gasteiger partial charge on any atom is -0.454 e. The summed E-state index contributed by atoms with van der Waals surface area (Å²) in [7, 11) is 0. The summed E-state index contributed by atoms with van der Waals surface area (Å²) in [6.45, 7) is 6.38. The molecule has 0 aromatic heterocycles. The molecule has 6 N–H and O–H groups in total. The lowest BCUT2D eigenvalue weighted by Crippen LogP contribution is -2.78. The number of benzene rings is 1. The average molecular weight is 719 g/mol. The normalized spacial score (nSPS) is 51.5. The van der Waals surface area contributed by atoms with Crippen LogP contribution in [-0.2, 0) is 29.7 Å². The van der Waals surface area contributed by atoms with Crippen LogP contribution in [0.25, 0.3) is 0 Å². The van der Waals surface area contributed by atoms with Gasteiger partial charge in [-0.15, -0.1) is 0 Å². The average Bonchev–Trinajstić information content (AvgIpc) is 3.76. The molecule has 2 saturated carbocycles. The van der Waals surface area contributed by atoms with E-state index in [9.17, 15) is 35.4 Å². The van der Waals surface area contributed by atoms with Crippen molar-refractivity contribution in [1.29, 1.82) is 0 Å². The van der Waals surface area contributed by atoms with Gasteiger partial charge in [-0.1, -0.05) is 94.8 Å². The number of carbonyl (C=O) groups is 1. The maximum Gasteiger partial charge on any atom is 0.310 e. The van der Waals surface area contributed by atoms with Gasteiger partial charge < -0.3 is 49.6 Å². The van der Waals surface area contributed by atoms with Gasteiger partial charge in [0.25, 0.3) is 0 Å². The lowest BCUT2D eigenvalue weighted by atomic mass is 9.53. The number of rotatable bonds is 2. The Balaban J connectivity index is 1.49. The molecule has 11 nitrogen and oxygen atoms in total. The summed E-state index contributed by atoms with van der Waals surface area (Å²) in [6, 6.07) is 8.33. The number of halogens is 1. The predicted molar refractivity (Wildman–Crippen MR) is 180 cm³/mol. The fraction of sp³-hybridized carbons (Fsp3) is 0.711. The molecule has 1 spiro atoms. The van der Waals surface area contributed by atoms with Gasteiger partial charge in [-0.25, -0.2) is 0 Å². The molecule has 1 aromatic carbocycles. The highest BCUT2D eigenvalue weighted by molar-refractivity contribution is 6.26. The van der Waals surface area contributed by atoms with Gasteiger partial charge in [0, 0.05) is 34.1 Å². The molecule has 4 heterocycles. The van der Waals surface area contributed by atoms with Crippen molar-refractivity contribution in [2.24, 2.45) is 23.7 Å². The zero-order valence-corrected chi connectivity index (χ0v) is 29.9. The van der Waals surface area contributed by atoms with Crippen LogP contribution in [0.15, 0.2) is 53.1 Å². The van der Waals surface area contributed by atoms with E-state index in [4.69, 9.17) is 30.5 Å². The molecule has 4 saturated heterocycles. The highest BCUT2D eigenvalue weighted by Gasteiger charge is 2.85. The highest BCUT2D eigenvalue weighted by Crippen LogP contribution is 2.70. The fourth-order valence-electron chi connectivity index (χ4n) is 10.3. The van der Waals surface area contributed by atoms with Crippen LogP contribution in [-0.4, -0.2) is 95.6 Å². The van der Waals surface area contributed by atoms with Crippen LogP contribution in [0.3, 0.4) is 0 Å². The smallest absolute Gasteiger partial charge is 0.310 e. The number of ether oxygens (including phenoxy) is 4. The summed E-state index contributed by atoms with van der Waals surface area (Å²) in [6.07, 6.45) is 0.642. The number of fused-ring (bicyclic) bond motifs is 12. The Morgan fingerprint density at radius 2 is 1.62 bits per heavy atom. The highest BCUT2D eigenvalue weighted by atomic mass is 35.5. The molecular formula is C38H51ClO11. The Bertz CT molecular complexity index is 1550. The predicted octanol–water partition coefficient (Wildman–Crippen LogP) is 3.31. The van der Waals surface area contributed by atoms with Crippen LogP contribution in [0, 0.1) is 23.7 Å². The second kappa shape index (κ2) is 12.3. The standard InChI is InChI=1S/C38H51ClO11/c1-21-12-8-5-6-9-13-22(2)31(41)47-29-24(19-39)16-27-36(29,45)32(42)34(20-40)30(48-34)26-18-35(44,33(4,43)17-21)28-23(3)37(26,27)50-38(46,49-28)25-14-10-7-11-15-25/h7,10-11,14-16,19,21-23,26,28-30,32,40,42-46H,5-6,8-9,12-13,17-18,20H2,1-4H3/b24-19+/t21-,22-,23+,26?,28-,29-,30-,32+,33+,34-,35+,36+,37+,38?/m0/s1. The quantitative estimate of drug-likeness (QED) is 0.195. The number of esters is 1. The third-order valence-corrected chi connectivity index (χ3v) is 13.3. The van der Waals surface area contributed by atoms with Gasteiger partial charge in [0.2, 0.25) is 0 Å². The summed E-state index contributed by atoms with van der Waals surface area (Å²) >= 11 is 6.39. The number of aliphatic hydroxyl groups is 6. The van der Waals surface area contributed by atoms with Crippen molar-refractivity contribution in [3.05, 3.63) is 58.7 Å². The van der Waals surface area contributed by atoms with Gasteiger partial charge in [-0.3, -0.25) is 4.79 Å². The third-order valence-electron chi connectivity index (χ3n) is 13.1. The van der Waals surface area contributed by atoms with Crippen molar-refractivity contribution in [3.63, 3.8) is 0 Å². The van der Waals surface area contributed by atoms with E-state index in [2.05, 4.69) is 0 Å². The molecule has 14 atom stereocenters. The number of hydrogen-bond donors (Lipinski definition) is 6. The van der Waals surface area contributed by atoms with Crippen LogP contribution in [0.1, 0.15) is 84.6 Å². The lowest BCUT2D eigenvalue weighted by molar-refractivity contribution is -0.498. The number of epoxide rings is 1. The summed E-state index contributed by atoms with van der Waals surface area (Å²) < 4.78 is 25.6. The van der Waals surface area contributed by atoms with E-state index in [0.29, 0.717) is 6.42 Å². The van der Waals surface area contributed by atoms with Gasteiger partial charge >= 0.3 is 11.9 Å². The molecule has 3 aliphatic carbocycles. The topological polar surface area (TPSA) is 179 Å². The van der Waals surface area contributed by atoms with Gasteiger partial charge in [-0.2, -0.15) is 0 Å². The van der Waals surface area contributed by atoms with E-state index in [-0.39, 0.29) is 35.5 Å². The molecule has 6 fully saturated rings. The number of hydrogen-bond acceptors (Lipinski definition) is 11. The van der Waals surface area contributed by atoms with Crippen LogP contribution in [0.2, 0.25) is 0 Å². The van der Waals surface area contributed by atoms with Crippen molar-refractivity contribution in [2.75, 3.05) is 6.61 Å². The zero-order chi connectivity index (χ0) is 36.1. The SMILES string of the molecule is C[C@H]1CCCCCC[C@H](C)C(=O)O[C@H]2/C(=C/Cl)C=C3[C@]2(O)[C@H](O)[C@@]2(CO)O[C@H]2C2C[C@@](O)([C@H]4OC(O)(c5ccccc5)O[C@@]32[C@@H]4C)[C@](C)(O)C1. The maximum absolute atomic E-state index is 13.7. The Labute approximate surface area is 297 Å². The molecular weight excluding hydrogens is 668 g/mol. The van der Waals surface area contributed by atoms with Crippen molar-refractivity contribution in [3.8, 4) is 0 Å². The van der Waals surface area contributed by atoms with E-state index in [1.165, 1.54) is 11.6 Å². The molecule has 2 unspecified atom stereocenters. The van der Waals surface area contributed by atoms with Crippen molar-refractivity contribution in [2.45, 2.75) is 137 Å². The molecule has 0 radical (unpaired) electrons. The summed E-state index contributed by atoms with van der Waals surface area (Å²) in [4.78, 5) is 13.7. The first-order valence-electron chi connectivity index (χ1n) is 18.1. The fourth-order valence-corrected chi connectivity index (χ4v) is 10.4. The molecule has 4 aliphatic heterocycles. The first kappa shape index (κ1) is 36.5. The molecule has 12 heteroatoms. The van der Waals surface area contributed by atoms with Crippen molar-refractivity contribution >= 4 is 17.6 Å². The minimum absolute atomic E-state index is 0.00400. The zero-order valence-electron chi connectivity index (χ0n) is 29.1. The Morgan fingerprint density at radius 1 is 0.940 bits per heavy atom. The number of aliphatic hydroxyl groups excluding tert-OH is 2. The molecule has 1 aromatic rings.